The molecule has 0 spiro atoms. The number of benzene rings is 3. The number of para-hydroxylation sites is 3. The number of hydrogen-bond acceptors (Lipinski definition) is 6. The first kappa shape index (κ1) is 23.1. The van der Waals surface area contributed by atoms with E-state index in [0.29, 0.717) is 49.8 Å². The number of ether oxygens (including phenoxy) is 3. The molecule has 0 saturated carbocycles. The number of nitrogens with zero attached hydrogens (tertiary/aromatic N) is 2. The van der Waals surface area contributed by atoms with Crippen molar-refractivity contribution in [2.24, 2.45) is 0 Å². The number of hydrogen-bond donors (Lipinski definition) is 0. The fourth-order valence-corrected chi connectivity index (χ4v) is 3.85. The van der Waals surface area contributed by atoms with Crippen LogP contribution in [0.3, 0.4) is 0 Å². The smallest absolute Gasteiger partial charge is 0.270 e. The molecule has 1 saturated heterocycles. The molecule has 34 heavy (non-hydrogen) atoms. The molecule has 0 atom stereocenters. The van der Waals surface area contributed by atoms with Crippen molar-refractivity contribution < 1.29 is 23.9 Å². The quantitative estimate of drug-likeness (QED) is 0.326. The highest BCUT2D eigenvalue weighted by Crippen LogP contribution is 2.32. The molecule has 4 rings (SSSR count). The predicted molar refractivity (Wildman–Crippen MR) is 127 cm³/mol. The monoisotopic (exact) mass is 462 g/mol. The third-order valence-electron chi connectivity index (χ3n) is 5.55. The van der Waals surface area contributed by atoms with Crippen LogP contribution in [0, 0.1) is 10.1 Å². The Bertz CT molecular complexity index is 1140. The molecule has 1 aliphatic heterocycles. The third-order valence-corrected chi connectivity index (χ3v) is 5.55. The van der Waals surface area contributed by atoms with Crippen LogP contribution in [0.5, 0.6) is 23.0 Å². The molecule has 1 heterocycles. The van der Waals surface area contributed by atoms with Gasteiger partial charge < -0.3 is 19.1 Å². The lowest BCUT2D eigenvalue weighted by atomic mass is 10.1. The second kappa shape index (κ2) is 10.7. The van der Waals surface area contributed by atoms with Crippen molar-refractivity contribution in [1.82, 2.24) is 4.90 Å². The summed E-state index contributed by atoms with van der Waals surface area (Å²) in [5.41, 5.74) is 0.00799. The number of likely N-dealkylation sites (tertiary alicyclic amines) is 1. The van der Waals surface area contributed by atoms with Gasteiger partial charge in [0, 0.05) is 38.1 Å². The average molecular weight is 463 g/mol. The van der Waals surface area contributed by atoms with Crippen LogP contribution in [0.1, 0.15) is 30.1 Å². The summed E-state index contributed by atoms with van der Waals surface area (Å²) in [6.45, 7) is 3.40. The minimum atomic E-state index is -0.515. The highest BCUT2D eigenvalue weighted by atomic mass is 16.6. The fraction of sp³-hybridized carbons (Fsp3) is 0.269. The van der Waals surface area contributed by atoms with Gasteiger partial charge in [-0.1, -0.05) is 30.3 Å². The molecule has 8 nitrogen and oxygen atoms in total. The van der Waals surface area contributed by atoms with E-state index in [9.17, 15) is 14.9 Å². The number of nitro benzene ring substituents is 1. The van der Waals surface area contributed by atoms with E-state index in [0.717, 1.165) is 0 Å². The maximum Gasteiger partial charge on any atom is 0.270 e. The minimum Gasteiger partial charge on any atom is -0.490 e. The molecule has 1 amide bonds. The van der Waals surface area contributed by atoms with Crippen LogP contribution in [0.2, 0.25) is 0 Å². The van der Waals surface area contributed by atoms with Crippen molar-refractivity contribution in [3.05, 3.63) is 88.5 Å². The van der Waals surface area contributed by atoms with E-state index in [1.165, 1.54) is 18.2 Å². The van der Waals surface area contributed by atoms with Gasteiger partial charge in [-0.3, -0.25) is 14.9 Å². The Balaban J connectivity index is 1.47. The highest BCUT2D eigenvalue weighted by Gasteiger charge is 2.28. The summed E-state index contributed by atoms with van der Waals surface area (Å²) in [6, 6.07) is 20.6. The summed E-state index contributed by atoms with van der Waals surface area (Å²) in [7, 11) is 0. The van der Waals surface area contributed by atoms with Gasteiger partial charge in [-0.2, -0.15) is 0 Å². The lowest BCUT2D eigenvalue weighted by Crippen LogP contribution is -2.41. The van der Waals surface area contributed by atoms with Crippen molar-refractivity contribution in [1.29, 1.82) is 0 Å². The van der Waals surface area contributed by atoms with Crippen LogP contribution >= 0.6 is 0 Å². The zero-order valence-corrected chi connectivity index (χ0v) is 18.9. The topological polar surface area (TPSA) is 91.1 Å². The summed E-state index contributed by atoms with van der Waals surface area (Å²) in [5.74, 6) is 1.91. The van der Waals surface area contributed by atoms with Gasteiger partial charge in [0.15, 0.2) is 11.5 Å². The van der Waals surface area contributed by atoms with Crippen molar-refractivity contribution in [2.75, 3.05) is 19.7 Å². The third kappa shape index (κ3) is 5.46. The molecule has 0 bridgehead atoms. The van der Waals surface area contributed by atoms with Crippen molar-refractivity contribution in [2.45, 2.75) is 25.9 Å². The van der Waals surface area contributed by atoms with Gasteiger partial charge in [0.2, 0.25) is 0 Å². The van der Waals surface area contributed by atoms with Gasteiger partial charge in [0.25, 0.3) is 11.6 Å². The van der Waals surface area contributed by atoms with E-state index in [2.05, 4.69) is 0 Å². The van der Waals surface area contributed by atoms with E-state index >= 15 is 0 Å². The maximum atomic E-state index is 13.4. The van der Waals surface area contributed by atoms with E-state index < -0.39 is 4.92 Å². The summed E-state index contributed by atoms with van der Waals surface area (Å²) in [5, 5.41) is 11.3. The number of amides is 1. The fourth-order valence-electron chi connectivity index (χ4n) is 3.85. The molecule has 0 aliphatic carbocycles. The van der Waals surface area contributed by atoms with E-state index in [4.69, 9.17) is 14.2 Å². The van der Waals surface area contributed by atoms with Crippen LogP contribution in [0.25, 0.3) is 0 Å². The molecule has 3 aromatic rings. The number of nitro groups is 1. The van der Waals surface area contributed by atoms with Crippen LogP contribution in [0.15, 0.2) is 72.8 Å². The number of rotatable bonds is 8. The summed E-state index contributed by atoms with van der Waals surface area (Å²) in [6.07, 6.45) is 1.21. The van der Waals surface area contributed by atoms with Gasteiger partial charge >= 0.3 is 0 Å². The van der Waals surface area contributed by atoms with Crippen LogP contribution in [0.4, 0.5) is 5.69 Å². The molecule has 0 aromatic heterocycles. The van der Waals surface area contributed by atoms with Crippen LogP contribution in [-0.2, 0) is 0 Å². The summed E-state index contributed by atoms with van der Waals surface area (Å²) in [4.78, 5) is 25.8. The van der Waals surface area contributed by atoms with Crippen LogP contribution < -0.4 is 14.2 Å². The first-order chi connectivity index (χ1) is 16.5. The normalized spacial score (nSPS) is 13.9. The Morgan fingerprint density at radius 3 is 2.32 bits per heavy atom. The molecule has 0 radical (unpaired) electrons. The van der Waals surface area contributed by atoms with E-state index in [-0.39, 0.29) is 29.0 Å². The molecule has 0 N–H and O–H groups in total. The van der Waals surface area contributed by atoms with Crippen LogP contribution in [-0.4, -0.2) is 41.5 Å². The number of carbonyl (C=O) groups is 1. The molecule has 1 aliphatic rings. The molecular weight excluding hydrogens is 436 g/mol. The minimum absolute atomic E-state index is 0.0594. The molecule has 176 valence electrons. The van der Waals surface area contributed by atoms with E-state index in [1.54, 1.807) is 17.0 Å². The number of piperidine rings is 1. The standard InChI is InChI=1S/C26H26N2O6/c1-2-32-24-10-6-7-11-25(24)34-21-14-16-27(17-15-21)26(29)22-18-19(28(30)31)12-13-23(22)33-20-8-4-3-5-9-20/h3-13,18,21H,2,14-17H2,1H3. The number of carbonyl (C=O) groups excluding carboxylic acids is 1. The predicted octanol–water partition coefficient (Wildman–Crippen LogP) is 5.47. The molecular formula is C26H26N2O6. The first-order valence-electron chi connectivity index (χ1n) is 11.2. The van der Waals surface area contributed by atoms with E-state index in [1.807, 2.05) is 49.4 Å². The Hall–Kier alpha value is -4.07. The number of non-ortho nitro benzene ring substituents is 1. The SMILES string of the molecule is CCOc1ccccc1OC1CCN(C(=O)c2cc([N+](=O)[O-])ccc2Oc2ccccc2)CC1. The maximum absolute atomic E-state index is 13.4. The average Bonchev–Trinajstić information content (AvgIpc) is 2.86. The zero-order chi connectivity index (χ0) is 23.9. The Morgan fingerprint density at radius 2 is 1.65 bits per heavy atom. The Kier molecular flexibility index (Phi) is 7.27. The molecule has 8 heteroatoms. The molecule has 0 unspecified atom stereocenters. The molecule has 3 aromatic carbocycles. The zero-order valence-electron chi connectivity index (χ0n) is 18.9. The lowest BCUT2D eigenvalue weighted by molar-refractivity contribution is -0.384. The van der Waals surface area contributed by atoms with Gasteiger partial charge in [-0.05, 0) is 37.3 Å². The summed E-state index contributed by atoms with van der Waals surface area (Å²) < 4.78 is 17.7. The van der Waals surface area contributed by atoms with Crippen molar-refractivity contribution in [3.63, 3.8) is 0 Å². The Labute approximate surface area is 197 Å². The second-order valence-corrected chi connectivity index (χ2v) is 7.84. The molecule has 1 fully saturated rings. The highest BCUT2D eigenvalue weighted by molar-refractivity contribution is 5.97. The lowest BCUT2D eigenvalue weighted by Gasteiger charge is -2.32. The second-order valence-electron chi connectivity index (χ2n) is 7.84. The van der Waals surface area contributed by atoms with Gasteiger partial charge in [0.1, 0.15) is 17.6 Å². The van der Waals surface area contributed by atoms with Gasteiger partial charge in [-0.15, -0.1) is 0 Å². The summed E-state index contributed by atoms with van der Waals surface area (Å²) >= 11 is 0. The largest absolute Gasteiger partial charge is 0.490 e. The van der Waals surface area contributed by atoms with Gasteiger partial charge in [-0.25, -0.2) is 0 Å². The Morgan fingerprint density at radius 1 is 0.971 bits per heavy atom. The van der Waals surface area contributed by atoms with Gasteiger partial charge in [0.05, 0.1) is 17.1 Å². The van der Waals surface area contributed by atoms with Crippen molar-refractivity contribution in [3.8, 4) is 23.0 Å². The first-order valence-corrected chi connectivity index (χ1v) is 11.2. The van der Waals surface area contributed by atoms with Crippen molar-refractivity contribution >= 4 is 11.6 Å².